The molecule has 0 aliphatic heterocycles. The lowest BCUT2D eigenvalue weighted by atomic mass is 10.2. The number of carbonyl (C=O) groups excluding carboxylic acids is 1. The Labute approximate surface area is 191 Å². The molecule has 0 aromatic carbocycles. The van der Waals surface area contributed by atoms with Gasteiger partial charge in [-0.2, -0.15) is 28.6 Å². The summed E-state index contributed by atoms with van der Waals surface area (Å²) in [5.41, 5.74) is -1.93. The molecule has 10 nitrogen and oxygen atoms in total. The number of nitrogens with one attached hydrogen (secondary N) is 1. The quantitative estimate of drug-likeness (QED) is 0.415. The molecule has 0 bridgehead atoms. The lowest BCUT2D eigenvalue weighted by Gasteiger charge is -2.13. The summed E-state index contributed by atoms with van der Waals surface area (Å²) < 4.78 is 44.7. The number of rotatable bonds is 4. The zero-order valence-electron chi connectivity index (χ0n) is 16.7. The van der Waals surface area contributed by atoms with Gasteiger partial charge in [0.15, 0.2) is 17.3 Å². The maximum atomic E-state index is 14.0. The second-order valence-electron chi connectivity index (χ2n) is 6.78. The number of fused-ring (bicyclic) bond motifs is 1. The van der Waals surface area contributed by atoms with E-state index < -0.39 is 23.3 Å². The smallest absolute Gasteiger partial charge is 0.320 e. The molecule has 0 spiro atoms. The Bertz CT molecular complexity index is 1560. The summed E-state index contributed by atoms with van der Waals surface area (Å²) in [6.45, 7) is 0. The molecule has 5 heterocycles. The molecule has 0 radical (unpaired) electrons. The number of nitrogens with zero attached hydrogens (tertiary/aromatic N) is 8. The van der Waals surface area contributed by atoms with Crippen molar-refractivity contribution in [3.8, 4) is 17.7 Å². The van der Waals surface area contributed by atoms with E-state index in [1.807, 2.05) is 6.07 Å². The van der Waals surface area contributed by atoms with Crippen LogP contribution < -0.4 is 5.32 Å². The van der Waals surface area contributed by atoms with Crippen LogP contribution in [0.5, 0.6) is 0 Å². The summed E-state index contributed by atoms with van der Waals surface area (Å²) in [7, 11) is 0. The maximum Gasteiger partial charge on any atom is 0.434 e. The topological polar surface area (TPSA) is 127 Å². The van der Waals surface area contributed by atoms with Crippen LogP contribution in [0.4, 0.5) is 18.9 Å². The van der Waals surface area contributed by atoms with Crippen molar-refractivity contribution in [2.45, 2.75) is 6.18 Å². The number of halogens is 3. The highest BCUT2D eigenvalue weighted by atomic mass is 32.1. The second-order valence-corrected chi connectivity index (χ2v) is 7.73. The molecule has 0 atom stereocenters. The summed E-state index contributed by atoms with van der Waals surface area (Å²) >= 11 is 1.34. The summed E-state index contributed by atoms with van der Waals surface area (Å²) in [5, 5.41) is 21.7. The van der Waals surface area contributed by atoms with Gasteiger partial charge in [0.1, 0.15) is 18.7 Å². The number of anilines is 1. The van der Waals surface area contributed by atoms with Gasteiger partial charge in [-0.3, -0.25) is 4.79 Å². The Morgan fingerprint density at radius 1 is 1.15 bits per heavy atom. The molecular weight excluding hydrogens is 471 g/mol. The van der Waals surface area contributed by atoms with E-state index in [0.29, 0.717) is 10.1 Å². The fraction of sp³-hybridized carbons (Fsp3) is 0.0500. The van der Waals surface area contributed by atoms with Gasteiger partial charge >= 0.3 is 6.18 Å². The first-order valence-corrected chi connectivity index (χ1v) is 10.3. The third-order valence-corrected chi connectivity index (χ3v) is 5.60. The first kappa shape index (κ1) is 21.2. The summed E-state index contributed by atoms with van der Waals surface area (Å²) in [6, 6.07) is 6.49. The third kappa shape index (κ3) is 3.63. The molecule has 1 N–H and O–H groups in total. The SMILES string of the molecule is N#Cc1cc(NC(=O)c2cnn(-c3nccc4sccc34)c2C(F)(F)F)cnc1-n1cncn1. The number of hydrogen-bond donors (Lipinski definition) is 1. The number of amides is 1. The second kappa shape index (κ2) is 8.05. The largest absolute Gasteiger partial charge is 0.434 e. The molecule has 0 aliphatic carbocycles. The fourth-order valence-electron chi connectivity index (χ4n) is 3.30. The van der Waals surface area contributed by atoms with Crippen molar-refractivity contribution < 1.29 is 18.0 Å². The van der Waals surface area contributed by atoms with E-state index in [2.05, 4.69) is 30.5 Å². The van der Waals surface area contributed by atoms with Crippen LogP contribution >= 0.6 is 11.3 Å². The monoisotopic (exact) mass is 481 g/mol. The average Bonchev–Trinajstić information content (AvgIpc) is 3.58. The maximum absolute atomic E-state index is 14.0. The number of aromatic nitrogens is 7. The predicted molar refractivity (Wildman–Crippen MR) is 114 cm³/mol. The highest BCUT2D eigenvalue weighted by molar-refractivity contribution is 7.17. The summed E-state index contributed by atoms with van der Waals surface area (Å²) in [5.74, 6) is -0.970. The molecule has 14 heteroatoms. The Balaban J connectivity index is 1.53. The first-order chi connectivity index (χ1) is 16.4. The molecule has 0 saturated carbocycles. The minimum Gasteiger partial charge on any atom is -0.320 e. The number of thiophene rings is 1. The predicted octanol–water partition coefficient (Wildman–Crippen LogP) is 3.60. The third-order valence-electron chi connectivity index (χ3n) is 4.72. The van der Waals surface area contributed by atoms with Crippen molar-refractivity contribution in [1.29, 1.82) is 5.26 Å². The summed E-state index contributed by atoms with van der Waals surface area (Å²) in [4.78, 5) is 24.7. The highest BCUT2D eigenvalue weighted by Crippen LogP contribution is 2.35. The number of pyridine rings is 2. The van der Waals surface area contributed by atoms with Crippen LogP contribution in [0, 0.1) is 11.3 Å². The lowest BCUT2D eigenvalue weighted by Crippen LogP contribution is -2.21. The molecule has 5 aromatic rings. The Morgan fingerprint density at radius 3 is 2.74 bits per heavy atom. The number of hydrogen-bond acceptors (Lipinski definition) is 8. The van der Waals surface area contributed by atoms with Crippen molar-refractivity contribution in [1.82, 2.24) is 34.5 Å². The molecule has 0 fully saturated rings. The van der Waals surface area contributed by atoms with Crippen molar-refractivity contribution in [3.05, 3.63) is 71.6 Å². The molecule has 0 saturated heterocycles. The molecule has 0 unspecified atom stereocenters. The molecule has 0 aliphatic rings. The van der Waals surface area contributed by atoms with Gasteiger partial charge in [-0.25, -0.2) is 24.3 Å². The van der Waals surface area contributed by atoms with Gasteiger partial charge in [-0.15, -0.1) is 11.3 Å². The van der Waals surface area contributed by atoms with E-state index in [1.165, 1.54) is 47.1 Å². The fourth-order valence-corrected chi connectivity index (χ4v) is 4.08. The van der Waals surface area contributed by atoms with Crippen LogP contribution in [0.3, 0.4) is 0 Å². The van der Waals surface area contributed by atoms with Crippen LogP contribution in [0.1, 0.15) is 21.6 Å². The minimum atomic E-state index is -4.91. The number of nitriles is 1. The van der Waals surface area contributed by atoms with E-state index in [-0.39, 0.29) is 22.9 Å². The van der Waals surface area contributed by atoms with Crippen LogP contribution in [-0.2, 0) is 6.18 Å². The molecule has 1 amide bonds. The average molecular weight is 481 g/mol. The minimum absolute atomic E-state index is 0.0179. The van der Waals surface area contributed by atoms with Crippen LogP contribution in [0.25, 0.3) is 21.7 Å². The highest BCUT2D eigenvalue weighted by Gasteiger charge is 2.41. The molecule has 168 valence electrons. The van der Waals surface area contributed by atoms with Gasteiger partial charge in [0.05, 0.1) is 29.2 Å². The Morgan fingerprint density at radius 2 is 2.00 bits per heavy atom. The van der Waals surface area contributed by atoms with E-state index in [0.717, 1.165) is 10.9 Å². The molecular formula is C20H10F3N9OS. The van der Waals surface area contributed by atoms with Gasteiger partial charge in [0, 0.05) is 16.3 Å². The van der Waals surface area contributed by atoms with Crippen LogP contribution in [0.2, 0.25) is 0 Å². The first-order valence-electron chi connectivity index (χ1n) is 9.41. The number of carbonyl (C=O) groups is 1. The van der Waals surface area contributed by atoms with Gasteiger partial charge in [0.25, 0.3) is 5.91 Å². The standard InChI is InChI=1S/C20H10F3N9OS/c21-20(22,23)16-14(8-28-32(16)18-13-2-4-34-15(13)1-3-26-18)19(33)30-12-5-11(6-24)17(27-7-12)31-10-25-9-29-31/h1-5,7-10H,(H,30,33). The molecule has 5 rings (SSSR count). The van der Waals surface area contributed by atoms with E-state index in [1.54, 1.807) is 17.5 Å². The zero-order valence-corrected chi connectivity index (χ0v) is 17.5. The normalized spacial score (nSPS) is 11.5. The number of alkyl halides is 3. The Kier molecular flexibility index (Phi) is 5.02. The zero-order chi connectivity index (χ0) is 23.9. The van der Waals surface area contributed by atoms with E-state index >= 15 is 0 Å². The van der Waals surface area contributed by atoms with Gasteiger partial charge in [0.2, 0.25) is 0 Å². The van der Waals surface area contributed by atoms with Gasteiger partial charge in [-0.05, 0) is 23.6 Å². The van der Waals surface area contributed by atoms with E-state index in [9.17, 15) is 23.2 Å². The van der Waals surface area contributed by atoms with Crippen LogP contribution in [-0.4, -0.2) is 40.4 Å². The molecule has 34 heavy (non-hydrogen) atoms. The lowest BCUT2D eigenvalue weighted by molar-refractivity contribution is -0.143. The van der Waals surface area contributed by atoms with Crippen LogP contribution in [0.15, 0.2) is 54.8 Å². The van der Waals surface area contributed by atoms with Crippen molar-refractivity contribution in [2.24, 2.45) is 0 Å². The van der Waals surface area contributed by atoms with Crippen molar-refractivity contribution in [3.63, 3.8) is 0 Å². The van der Waals surface area contributed by atoms with Gasteiger partial charge in [-0.1, -0.05) is 0 Å². The van der Waals surface area contributed by atoms with E-state index in [4.69, 9.17) is 0 Å². The Hall–Kier alpha value is -4.64. The summed E-state index contributed by atoms with van der Waals surface area (Å²) in [6.07, 6.45) is 1.07. The van der Waals surface area contributed by atoms with Crippen molar-refractivity contribution in [2.75, 3.05) is 5.32 Å². The van der Waals surface area contributed by atoms with Gasteiger partial charge < -0.3 is 5.32 Å². The molecule has 5 aromatic heterocycles. The van der Waals surface area contributed by atoms with Crippen molar-refractivity contribution >= 4 is 33.0 Å².